The van der Waals surface area contributed by atoms with Gasteiger partial charge in [0.25, 0.3) is 9.84 Å². The average Bonchev–Trinajstić information content (AvgIpc) is 3.23. The number of benzene rings is 2. The van der Waals surface area contributed by atoms with Gasteiger partial charge in [0.05, 0.1) is 28.2 Å². The van der Waals surface area contributed by atoms with Crippen LogP contribution in [-0.4, -0.2) is 33.5 Å². The van der Waals surface area contributed by atoms with Crippen molar-refractivity contribution in [3.8, 4) is 22.8 Å². The van der Waals surface area contributed by atoms with Crippen LogP contribution in [0.1, 0.15) is 0 Å². The summed E-state index contributed by atoms with van der Waals surface area (Å²) in [5, 5.41) is 8.95. The number of nitrogens with zero attached hydrogens (tertiary/aromatic N) is 4. The molecule has 0 aliphatic carbocycles. The molecule has 0 saturated heterocycles. The zero-order valence-electron chi connectivity index (χ0n) is 15.9. The minimum absolute atomic E-state index is 0.0250. The fraction of sp³-hybridized carbons (Fsp3) is 0.0500. The third-order valence-corrected chi connectivity index (χ3v) is 6.20. The van der Waals surface area contributed by atoms with Crippen molar-refractivity contribution in [3.05, 3.63) is 88.3 Å². The molecule has 0 bridgehead atoms. The van der Waals surface area contributed by atoms with E-state index in [-0.39, 0.29) is 11.4 Å². The van der Waals surface area contributed by atoms with Crippen LogP contribution in [0.2, 0.25) is 5.02 Å². The molecule has 4 aromatic rings. The van der Waals surface area contributed by atoms with E-state index in [1.54, 1.807) is 30.3 Å². The quantitative estimate of drug-likeness (QED) is 0.440. The van der Waals surface area contributed by atoms with E-state index in [0.717, 1.165) is 24.3 Å². The first-order valence-corrected chi connectivity index (χ1v) is 10.8. The Balaban J connectivity index is 1.76. The molecule has 0 N–H and O–H groups in total. The highest BCUT2D eigenvalue weighted by atomic mass is 35.5. The number of alkyl halides is 3. The van der Waals surface area contributed by atoms with E-state index in [4.69, 9.17) is 11.6 Å². The van der Waals surface area contributed by atoms with Gasteiger partial charge in [-0.1, -0.05) is 17.7 Å². The van der Waals surface area contributed by atoms with E-state index in [1.165, 1.54) is 27.8 Å². The van der Waals surface area contributed by atoms with Gasteiger partial charge in [-0.15, -0.1) is 0 Å². The number of rotatable bonds is 4. The summed E-state index contributed by atoms with van der Waals surface area (Å²) in [4.78, 5) is 11.6. The summed E-state index contributed by atoms with van der Waals surface area (Å²) in [5.74, 6) is 0. The molecular weight excluding hydrogens is 469 g/mol. The first-order valence-electron chi connectivity index (χ1n) is 8.90. The highest BCUT2D eigenvalue weighted by molar-refractivity contribution is 7.92. The molecule has 0 radical (unpaired) electrons. The fourth-order valence-corrected chi connectivity index (χ4v) is 3.88. The van der Waals surface area contributed by atoms with Crippen LogP contribution in [0.25, 0.3) is 22.8 Å². The predicted octanol–water partition coefficient (Wildman–Crippen LogP) is 4.03. The fourth-order valence-electron chi connectivity index (χ4n) is 2.94. The van der Waals surface area contributed by atoms with Crippen molar-refractivity contribution in [2.45, 2.75) is 10.4 Å². The van der Waals surface area contributed by atoms with Gasteiger partial charge in [-0.05, 0) is 48.5 Å². The third-order valence-electron chi connectivity index (χ3n) is 4.46. The Labute approximate surface area is 184 Å². The third kappa shape index (κ3) is 3.92. The molecule has 0 spiro atoms. The Kier molecular flexibility index (Phi) is 5.39. The van der Waals surface area contributed by atoms with E-state index < -0.39 is 25.7 Å². The Morgan fingerprint density at radius 3 is 2.31 bits per heavy atom. The zero-order valence-corrected chi connectivity index (χ0v) is 17.4. The second-order valence-corrected chi connectivity index (χ2v) is 8.90. The van der Waals surface area contributed by atoms with Crippen molar-refractivity contribution >= 4 is 21.4 Å². The second-order valence-electron chi connectivity index (χ2n) is 6.52. The summed E-state index contributed by atoms with van der Waals surface area (Å²) in [6.07, 6.45) is 2.80. The van der Waals surface area contributed by atoms with E-state index in [2.05, 4.69) is 10.2 Å². The monoisotopic (exact) mass is 480 g/mol. The molecule has 0 fully saturated rings. The van der Waals surface area contributed by atoms with Crippen molar-refractivity contribution in [2.75, 3.05) is 0 Å². The summed E-state index contributed by atoms with van der Waals surface area (Å²) in [6.45, 7) is 0. The Bertz CT molecular complexity index is 1460. The van der Waals surface area contributed by atoms with Crippen LogP contribution in [0.15, 0.2) is 82.7 Å². The molecule has 2 aromatic carbocycles. The molecule has 164 valence electrons. The summed E-state index contributed by atoms with van der Waals surface area (Å²) in [7, 11) is -5.47. The van der Waals surface area contributed by atoms with E-state index in [9.17, 15) is 26.4 Å². The van der Waals surface area contributed by atoms with Crippen LogP contribution in [0.4, 0.5) is 13.2 Å². The van der Waals surface area contributed by atoms with Crippen molar-refractivity contribution in [3.63, 3.8) is 0 Å². The molecule has 0 amide bonds. The molecule has 0 atom stereocenters. The maximum absolute atomic E-state index is 12.7. The lowest BCUT2D eigenvalue weighted by Crippen LogP contribution is -2.23. The molecule has 32 heavy (non-hydrogen) atoms. The van der Waals surface area contributed by atoms with Gasteiger partial charge in [-0.2, -0.15) is 23.4 Å². The van der Waals surface area contributed by atoms with E-state index in [0.29, 0.717) is 16.4 Å². The van der Waals surface area contributed by atoms with Gasteiger partial charge in [0.2, 0.25) is 5.43 Å². The predicted molar refractivity (Wildman–Crippen MR) is 111 cm³/mol. The molecule has 4 rings (SSSR count). The lowest BCUT2D eigenvalue weighted by molar-refractivity contribution is -0.0436. The van der Waals surface area contributed by atoms with Crippen molar-refractivity contribution < 1.29 is 21.6 Å². The maximum atomic E-state index is 12.7. The lowest BCUT2D eigenvalue weighted by atomic mass is 10.2. The summed E-state index contributed by atoms with van der Waals surface area (Å²) in [6, 6.07) is 13.6. The lowest BCUT2D eigenvalue weighted by Gasteiger charge is -2.11. The Hall–Kier alpha value is -3.44. The molecule has 0 aliphatic heterocycles. The number of sulfone groups is 1. The first kappa shape index (κ1) is 21.8. The molecule has 0 unspecified atom stereocenters. The number of aromatic nitrogens is 4. The molecule has 12 heteroatoms. The average molecular weight is 481 g/mol. The SMILES string of the molecule is O=c1ccn(-c2ccc(S(=O)(=O)C(F)(F)F)cc2)nc1-c1ccnn1-c1cccc(Cl)c1. The minimum Gasteiger partial charge on any atom is -0.287 e. The summed E-state index contributed by atoms with van der Waals surface area (Å²) in [5.41, 5.74) is -4.59. The van der Waals surface area contributed by atoms with Crippen LogP contribution in [-0.2, 0) is 9.84 Å². The smallest absolute Gasteiger partial charge is 0.287 e. The molecule has 7 nitrogen and oxygen atoms in total. The molecule has 0 aliphatic rings. The van der Waals surface area contributed by atoms with Gasteiger partial charge in [0, 0.05) is 17.3 Å². The molecule has 2 heterocycles. The van der Waals surface area contributed by atoms with Gasteiger partial charge in [0.1, 0.15) is 0 Å². The van der Waals surface area contributed by atoms with Crippen molar-refractivity contribution in [1.82, 2.24) is 19.6 Å². The topological polar surface area (TPSA) is 86.8 Å². The van der Waals surface area contributed by atoms with Crippen molar-refractivity contribution in [2.24, 2.45) is 0 Å². The second kappa shape index (κ2) is 7.92. The molecule has 2 aromatic heterocycles. The number of hydrogen-bond acceptors (Lipinski definition) is 5. The van der Waals surface area contributed by atoms with Crippen LogP contribution >= 0.6 is 11.6 Å². The van der Waals surface area contributed by atoms with Crippen LogP contribution < -0.4 is 5.43 Å². The van der Waals surface area contributed by atoms with Gasteiger partial charge in [-0.25, -0.2) is 17.8 Å². The number of hydrogen-bond donors (Lipinski definition) is 0. The van der Waals surface area contributed by atoms with Crippen LogP contribution in [0.3, 0.4) is 0 Å². The zero-order chi connectivity index (χ0) is 23.1. The summed E-state index contributed by atoms with van der Waals surface area (Å²) < 4.78 is 64.0. The van der Waals surface area contributed by atoms with Gasteiger partial charge in [0.15, 0.2) is 5.69 Å². The normalized spacial score (nSPS) is 12.1. The van der Waals surface area contributed by atoms with Crippen molar-refractivity contribution in [1.29, 1.82) is 0 Å². The molecule has 0 saturated carbocycles. The summed E-state index contributed by atoms with van der Waals surface area (Å²) >= 11 is 6.03. The maximum Gasteiger partial charge on any atom is 0.501 e. The standard InChI is InChI=1S/C20H12ClF3N4O3S/c21-13-2-1-3-15(12-13)28-17(8-10-25-28)19-18(29)9-11-27(26-19)14-4-6-16(7-5-14)32(30,31)20(22,23)24/h1-12H. The van der Waals surface area contributed by atoms with Crippen LogP contribution in [0, 0.1) is 0 Å². The van der Waals surface area contributed by atoms with Gasteiger partial charge < -0.3 is 0 Å². The Morgan fingerprint density at radius 1 is 0.938 bits per heavy atom. The minimum atomic E-state index is -5.47. The van der Waals surface area contributed by atoms with Gasteiger partial charge >= 0.3 is 5.51 Å². The van der Waals surface area contributed by atoms with Crippen LogP contribution in [0.5, 0.6) is 0 Å². The van der Waals surface area contributed by atoms with E-state index >= 15 is 0 Å². The first-order chi connectivity index (χ1) is 15.1. The highest BCUT2D eigenvalue weighted by Gasteiger charge is 2.46. The number of halogens is 4. The van der Waals surface area contributed by atoms with Gasteiger partial charge in [-0.3, -0.25) is 4.79 Å². The highest BCUT2D eigenvalue weighted by Crippen LogP contribution is 2.30. The molecular formula is C20H12ClF3N4O3S. The largest absolute Gasteiger partial charge is 0.501 e. The van der Waals surface area contributed by atoms with E-state index in [1.807, 2.05) is 0 Å². The Morgan fingerprint density at radius 2 is 1.66 bits per heavy atom.